The maximum Gasteiger partial charge on any atom is 0.225 e. The summed E-state index contributed by atoms with van der Waals surface area (Å²) in [6, 6.07) is 0.499. The number of carbonyl (C=O) groups is 1. The number of likely N-dealkylation sites (tertiary alicyclic amines) is 1. The maximum absolute atomic E-state index is 12.4. The number of halogens is 1. The Morgan fingerprint density at radius 3 is 2.50 bits per heavy atom. The zero-order valence-corrected chi connectivity index (χ0v) is 12.6. The first-order valence-electron chi connectivity index (χ1n) is 7.10. The smallest absolute Gasteiger partial charge is 0.225 e. The summed E-state index contributed by atoms with van der Waals surface area (Å²) < 4.78 is 0. The first kappa shape index (κ1) is 15.8. The topological polar surface area (TPSA) is 32.3 Å². The van der Waals surface area contributed by atoms with Crippen LogP contribution in [0.3, 0.4) is 0 Å². The highest BCUT2D eigenvalue weighted by Gasteiger charge is 2.32. The van der Waals surface area contributed by atoms with Crippen LogP contribution in [0, 0.1) is 17.8 Å². The molecule has 0 aromatic rings. The molecule has 0 bridgehead atoms. The van der Waals surface area contributed by atoms with Crippen LogP contribution >= 0.6 is 12.4 Å². The van der Waals surface area contributed by atoms with Crippen LogP contribution in [0.2, 0.25) is 0 Å². The SMILES string of the molecule is CC1CCN(C(=O)[C@H]2CCN[C@@H](C)C2)CC1C.Cl. The van der Waals surface area contributed by atoms with Crippen molar-refractivity contribution >= 4 is 18.3 Å². The molecule has 0 aliphatic carbocycles. The Bertz CT molecular complexity index is 285. The van der Waals surface area contributed by atoms with Gasteiger partial charge in [-0.2, -0.15) is 0 Å². The van der Waals surface area contributed by atoms with E-state index in [0.717, 1.165) is 38.4 Å². The zero-order chi connectivity index (χ0) is 12.4. The van der Waals surface area contributed by atoms with Crippen LogP contribution in [0.1, 0.15) is 40.0 Å². The Balaban J connectivity index is 0.00000162. The van der Waals surface area contributed by atoms with Crippen LogP contribution < -0.4 is 5.32 Å². The predicted molar refractivity (Wildman–Crippen MR) is 77.0 cm³/mol. The highest BCUT2D eigenvalue weighted by Crippen LogP contribution is 2.26. The van der Waals surface area contributed by atoms with Gasteiger partial charge in [0.05, 0.1) is 0 Å². The summed E-state index contributed by atoms with van der Waals surface area (Å²) in [6.07, 6.45) is 3.20. The third-order valence-corrected chi connectivity index (χ3v) is 4.62. The molecule has 0 aromatic carbocycles. The first-order chi connectivity index (χ1) is 8.08. The molecule has 106 valence electrons. The predicted octanol–water partition coefficient (Wildman–Crippen LogP) is 2.30. The molecule has 4 heteroatoms. The molecule has 2 saturated heterocycles. The second-order valence-electron chi connectivity index (χ2n) is 6.10. The molecule has 0 aromatic heterocycles. The van der Waals surface area contributed by atoms with Crippen molar-refractivity contribution in [2.45, 2.75) is 46.1 Å². The number of piperidine rings is 2. The molecule has 4 atom stereocenters. The molecule has 0 saturated carbocycles. The standard InChI is InChI=1S/C14H26N2O.ClH/c1-10-5-7-16(9-11(10)2)14(17)13-4-6-15-12(3)8-13;/h10-13,15H,4-9H2,1-3H3;1H/t10?,11?,12-,13-;/m0./s1. The van der Waals surface area contributed by atoms with Gasteiger partial charge in [-0.15, -0.1) is 12.4 Å². The lowest BCUT2D eigenvalue weighted by Crippen LogP contribution is -2.48. The van der Waals surface area contributed by atoms with E-state index in [1.807, 2.05) is 0 Å². The van der Waals surface area contributed by atoms with Crippen molar-refractivity contribution < 1.29 is 4.79 Å². The molecule has 2 fully saturated rings. The van der Waals surface area contributed by atoms with Crippen molar-refractivity contribution in [1.82, 2.24) is 10.2 Å². The monoisotopic (exact) mass is 274 g/mol. The Labute approximate surface area is 117 Å². The van der Waals surface area contributed by atoms with Gasteiger partial charge in [0, 0.05) is 25.0 Å². The summed E-state index contributed by atoms with van der Waals surface area (Å²) in [5.74, 6) is 2.11. The van der Waals surface area contributed by atoms with Crippen molar-refractivity contribution in [2.24, 2.45) is 17.8 Å². The van der Waals surface area contributed by atoms with Crippen molar-refractivity contribution in [2.75, 3.05) is 19.6 Å². The quantitative estimate of drug-likeness (QED) is 0.796. The molecule has 1 N–H and O–H groups in total. The van der Waals surface area contributed by atoms with E-state index in [1.165, 1.54) is 6.42 Å². The fraction of sp³-hybridized carbons (Fsp3) is 0.929. The molecule has 0 spiro atoms. The third kappa shape index (κ3) is 3.61. The van der Waals surface area contributed by atoms with E-state index in [4.69, 9.17) is 0 Å². The van der Waals surface area contributed by atoms with E-state index in [9.17, 15) is 4.79 Å². The molecule has 3 nitrogen and oxygen atoms in total. The van der Waals surface area contributed by atoms with Gasteiger partial charge < -0.3 is 10.2 Å². The average Bonchev–Trinajstić information content (AvgIpc) is 2.32. The average molecular weight is 275 g/mol. The summed E-state index contributed by atoms with van der Waals surface area (Å²) in [4.78, 5) is 14.6. The third-order valence-electron chi connectivity index (χ3n) is 4.62. The van der Waals surface area contributed by atoms with Crippen LogP contribution in [0.25, 0.3) is 0 Å². The highest BCUT2D eigenvalue weighted by molar-refractivity contribution is 5.85. The number of hydrogen-bond donors (Lipinski definition) is 1. The molecule has 2 aliphatic heterocycles. The van der Waals surface area contributed by atoms with Gasteiger partial charge in [0.1, 0.15) is 0 Å². The normalized spacial score (nSPS) is 36.9. The molecule has 2 rings (SSSR count). The summed E-state index contributed by atoms with van der Waals surface area (Å²) in [6.45, 7) is 9.70. The van der Waals surface area contributed by atoms with Crippen molar-refractivity contribution in [3.63, 3.8) is 0 Å². The number of hydrogen-bond acceptors (Lipinski definition) is 2. The lowest BCUT2D eigenvalue weighted by molar-refractivity contribution is -0.139. The van der Waals surface area contributed by atoms with Gasteiger partial charge in [-0.25, -0.2) is 0 Å². The van der Waals surface area contributed by atoms with Gasteiger partial charge in [0.15, 0.2) is 0 Å². The van der Waals surface area contributed by atoms with Gasteiger partial charge in [0.2, 0.25) is 5.91 Å². The Hall–Kier alpha value is -0.280. The fourth-order valence-electron chi connectivity index (χ4n) is 3.08. The fourth-order valence-corrected chi connectivity index (χ4v) is 3.08. The molecule has 2 aliphatic rings. The second-order valence-corrected chi connectivity index (χ2v) is 6.10. The largest absolute Gasteiger partial charge is 0.342 e. The minimum atomic E-state index is 0. The van der Waals surface area contributed by atoms with E-state index in [0.29, 0.717) is 17.9 Å². The Morgan fingerprint density at radius 1 is 1.17 bits per heavy atom. The summed E-state index contributed by atoms with van der Waals surface area (Å²) in [7, 11) is 0. The Kier molecular flexibility index (Phi) is 5.93. The Morgan fingerprint density at radius 2 is 1.89 bits per heavy atom. The number of amides is 1. The zero-order valence-electron chi connectivity index (χ0n) is 11.8. The van der Waals surface area contributed by atoms with Gasteiger partial charge in [0.25, 0.3) is 0 Å². The molecule has 0 radical (unpaired) electrons. The van der Waals surface area contributed by atoms with Crippen LogP contribution in [-0.2, 0) is 4.79 Å². The van der Waals surface area contributed by atoms with Gasteiger partial charge >= 0.3 is 0 Å². The lowest BCUT2D eigenvalue weighted by Gasteiger charge is -2.38. The van der Waals surface area contributed by atoms with Crippen molar-refractivity contribution in [3.05, 3.63) is 0 Å². The molecular formula is C14H27ClN2O. The maximum atomic E-state index is 12.4. The van der Waals surface area contributed by atoms with E-state index < -0.39 is 0 Å². The van der Waals surface area contributed by atoms with E-state index in [2.05, 4.69) is 31.0 Å². The van der Waals surface area contributed by atoms with Crippen LogP contribution in [0.15, 0.2) is 0 Å². The number of carbonyl (C=O) groups excluding carboxylic acids is 1. The summed E-state index contributed by atoms with van der Waals surface area (Å²) >= 11 is 0. The van der Waals surface area contributed by atoms with E-state index in [1.54, 1.807) is 0 Å². The summed E-state index contributed by atoms with van der Waals surface area (Å²) in [5, 5.41) is 3.41. The molecule has 1 amide bonds. The number of nitrogens with zero attached hydrogens (tertiary/aromatic N) is 1. The number of rotatable bonds is 1. The van der Waals surface area contributed by atoms with Gasteiger partial charge in [-0.1, -0.05) is 13.8 Å². The molecular weight excluding hydrogens is 248 g/mol. The van der Waals surface area contributed by atoms with Crippen molar-refractivity contribution in [1.29, 1.82) is 0 Å². The van der Waals surface area contributed by atoms with E-state index >= 15 is 0 Å². The summed E-state index contributed by atoms with van der Waals surface area (Å²) in [5.41, 5.74) is 0. The molecule has 2 unspecified atom stereocenters. The molecule has 18 heavy (non-hydrogen) atoms. The minimum absolute atomic E-state index is 0. The van der Waals surface area contributed by atoms with E-state index in [-0.39, 0.29) is 18.3 Å². The van der Waals surface area contributed by atoms with Gasteiger partial charge in [-0.05, 0) is 44.6 Å². The lowest BCUT2D eigenvalue weighted by atomic mass is 9.86. The number of nitrogens with one attached hydrogen (secondary N) is 1. The van der Waals surface area contributed by atoms with Crippen molar-refractivity contribution in [3.8, 4) is 0 Å². The molecule has 2 heterocycles. The van der Waals surface area contributed by atoms with Crippen LogP contribution in [0.4, 0.5) is 0 Å². The highest BCUT2D eigenvalue weighted by atomic mass is 35.5. The van der Waals surface area contributed by atoms with Crippen LogP contribution in [-0.4, -0.2) is 36.5 Å². The van der Waals surface area contributed by atoms with Gasteiger partial charge in [-0.3, -0.25) is 4.79 Å². The second kappa shape index (κ2) is 6.76. The first-order valence-corrected chi connectivity index (χ1v) is 7.10. The van der Waals surface area contributed by atoms with Crippen LogP contribution in [0.5, 0.6) is 0 Å². The minimum Gasteiger partial charge on any atom is -0.342 e.